The number of aromatic nitrogens is 2. The highest BCUT2D eigenvalue weighted by atomic mass is 35.5. The van der Waals surface area contributed by atoms with Gasteiger partial charge >= 0.3 is 0 Å². The Kier molecular flexibility index (Phi) is 9.03. The topological polar surface area (TPSA) is 158 Å². The molecule has 14 heteroatoms. The highest BCUT2D eigenvalue weighted by Gasteiger charge is 2.61. The molecule has 1 aliphatic carbocycles. The summed E-state index contributed by atoms with van der Waals surface area (Å²) in [7, 11) is 2.80. The van der Waals surface area contributed by atoms with Gasteiger partial charge in [-0.25, -0.2) is 4.98 Å². The molecular formula is C33H34ClN3O9S. The summed E-state index contributed by atoms with van der Waals surface area (Å²) in [5.74, 6) is -1.05. The van der Waals surface area contributed by atoms with Crippen molar-refractivity contribution in [3.8, 4) is 28.7 Å². The zero-order valence-electron chi connectivity index (χ0n) is 26.2. The van der Waals surface area contributed by atoms with E-state index in [1.165, 1.54) is 20.3 Å². The highest BCUT2D eigenvalue weighted by molar-refractivity contribution is 7.98. The number of ether oxygens (including phenoxy) is 5. The van der Waals surface area contributed by atoms with Crippen LogP contribution in [0.25, 0.3) is 0 Å². The number of allylic oxidation sites excluding steroid dienone is 1. The van der Waals surface area contributed by atoms with Crippen LogP contribution in [0.4, 0.5) is 0 Å². The number of methoxy groups -OCH3 is 2. The van der Waals surface area contributed by atoms with Crippen LogP contribution >= 0.6 is 23.4 Å². The number of fused-ring (bicyclic) bond motifs is 2. The van der Waals surface area contributed by atoms with Crippen LogP contribution in [0.5, 0.6) is 28.7 Å². The number of halogens is 1. The summed E-state index contributed by atoms with van der Waals surface area (Å²) < 4.78 is 28.2. The van der Waals surface area contributed by atoms with Crippen LogP contribution in [0.2, 0.25) is 5.02 Å². The number of aryl methyl sites for hydroxylation is 1. The summed E-state index contributed by atoms with van der Waals surface area (Å²) in [4.78, 5) is 48.9. The van der Waals surface area contributed by atoms with Crippen LogP contribution in [0, 0.1) is 12.8 Å². The second-order valence-corrected chi connectivity index (χ2v) is 13.0. The van der Waals surface area contributed by atoms with E-state index in [1.807, 2.05) is 6.92 Å². The van der Waals surface area contributed by atoms with Gasteiger partial charge in [0.2, 0.25) is 24.1 Å². The number of hydrogen-bond donors (Lipinski definition) is 3. The lowest BCUT2D eigenvalue weighted by molar-refractivity contribution is -0.121. The minimum absolute atomic E-state index is 0.0140. The zero-order valence-corrected chi connectivity index (χ0v) is 27.8. The fraction of sp³-hybridized carbons (Fsp3) is 0.394. The van der Waals surface area contributed by atoms with Gasteiger partial charge < -0.3 is 39.1 Å². The van der Waals surface area contributed by atoms with Crippen molar-refractivity contribution in [1.29, 1.82) is 0 Å². The largest absolute Gasteiger partial charge is 0.507 e. The van der Waals surface area contributed by atoms with Gasteiger partial charge in [0.25, 0.3) is 0 Å². The van der Waals surface area contributed by atoms with E-state index in [1.54, 1.807) is 43.2 Å². The third kappa shape index (κ3) is 5.65. The van der Waals surface area contributed by atoms with Crippen molar-refractivity contribution < 1.29 is 43.2 Å². The van der Waals surface area contributed by atoms with Crippen LogP contribution in [-0.2, 0) is 15.3 Å². The molecule has 3 N–H and O–H groups in total. The number of amides is 1. The number of ketones is 2. The van der Waals surface area contributed by atoms with Crippen molar-refractivity contribution in [3.05, 3.63) is 69.5 Å². The minimum Gasteiger partial charge on any atom is -0.507 e. The lowest BCUT2D eigenvalue weighted by Gasteiger charge is -2.38. The van der Waals surface area contributed by atoms with E-state index in [0.717, 1.165) is 11.4 Å². The van der Waals surface area contributed by atoms with Crippen molar-refractivity contribution in [2.24, 2.45) is 5.92 Å². The molecule has 3 aromatic rings. The molecule has 0 bridgehead atoms. The molecule has 0 saturated heterocycles. The van der Waals surface area contributed by atoms with Gasteiger partial charge in [0.1, 0.15) is 22.1 Å². The first-order chi connectivity index (χ1) is 22.6. The number of aliphatic hydroxyl groups is 1. The van der Waals surface area contributed by atoms with Crippen molar-refractivity contribution in [3.63, 3.8) is 0 Å². The molecule has 1 unspecified atom stereocenters. The van der Waals surface area contributed by atoms with Crippen molar-refractivity contribution in [2.45, 2.75) is 44.0 Å². The molecule has 3 aliphatic rings. The van der Waals surface area contributed by atoms with Crippen molar-refractivity contribution in [2.75, 3.05) is 33.3 Å². The first-order valence-electron chi connectivity index (χ1n) is 15.0. The van der Waals surface area contributed by atoms with Crippen LogP contribution < -0.4 is 29.0 Å². The van der Waals surface area contributed by atoms with Gasteiger partial charge in [0, 0.05) is 60.1 Å². The summed E-state index contributed by atoms with van der Waals surface area (Å²) in [5, 5.41) is 15.0. The Balaban J connectivity index is 1.34. The summed E-state index contributed by atoms with van der Waals surface area (Å²) in [5.41, 5.74) is 0.425. The number of Topliss-reactive ketones (excluding diaryl/α,β-unsaturated/α-hetero) is 2. The average molecular weight is 684 g/mol. The Labute approximate surface area is 280 Å². The molecule has 248 valence electrons. The standard InChI is InChI=1S/C33H34ClN3O9S/c1-16-9-21(38)27(31(40)33(16)32(41)28-24(42-3)12-25(43-4)29(34)30(28)46-33)19(18-5-6-22-23(10-18)45-15-44-22)11-26(39)35-7-8-47-13-20-17(2)36-14-37-20/h5-6,10,12,14,16,19,40H,7-9,11,13,15H2,1-4H3,(H,35,39)(H,36,37)/t16-,19?,33+/m1/s1. The van der Waals surface area contributed by atoms with E-state index in [9.17, 15) is 19.5 Å². The number of thioether (sulfide) groups is 1. The molecule has 2 aliphatic heterocycles. The number of hydrogen-bond acceptors (Lipinski definition) is 11. The number of nitrogens with zero attached hydrogens (tertiary/aromatic N) is 1. The van der Waals surface area contributed by atoms with E-state index in [-0.39, 0.29) is 58.9 Å². The van der Waals surface area contributed by atoms with Crippen LogP contribution in [0.3, 0.4) is 0 Å². The average Bonchev–Trinajstić information content (AvgIpc) is 3.77. The number of H-pyrrole nitrogens is 1. The van der Waals surface area contributed by atoms with Crippen LogP contribution in [0.1, 0.15) is 53.0 Å². The van der Waals surface area contributed by atoms with E-state index in [2.05, 4.69) is 15.3 Å². The lowest BCUT2D eigenvalue weighted by atomic mass is 9.69. The van der Waals surface area contributed by atoms with E-state index < -0.39 is 34.8 Å². The molecule has 1 aromatic heterocycles. The molecule has 0 saturated carbocycles. The summed E-state index contributed by atoms with van der Waals surface area (Å²) in [6.45, 7) is 4.00. The quantitative estimate of drug-likeness (QED) is 0.232. The molecular weight excluding hydrogens is 650 g/mol. The summed E-state index contributed by atoms with van der Waals surface area (Å²) >= 11 is 8.22. The fourth-order valence-corrected chi connectivity index (χ4v) is 7.42. The number of aliphatic hydroxyl groups excluding tert-OH is 1. The minimum atomic E-state index is -1.99. The highest BCUT2D eigenvalue weighted by Crippen LogP contribution is 2.56. The van der Waals surface area contributed by atoms with Gasteiger partial charge in [0.05, 0.1) is 26.2 Å². The predicted octanol–water partition coefficient (Wildman–Crippen LogP) is 5.08. The number of aromatic amines is 1. The van der Waals surface area contributed by atoms with Gasteiger partial charge in [-0.15, -0.1) is 0 Å². The first kappa shape index (κ1) is 32.6. The summed E-state index contributed by atoms with van der Waals surface area (Å²) in [6, 6.07) is 6.54. The second-order valence-electron chi connectivity index (χ2n) is 11.5. The van der Waals surface area contributed by atoms with Crippen LogP contribution in [-0.4, -0.2) is 71.5 Å². The molecule has 12 nitrogen and oxygen atoms in total. The number of carbonyl (C=O) groups is 3. The Morgan fingerprint density at radius 3 is 2.70 bits per heavy atom. The van der Waals surface area contributed by atoms with Gasteiger partial charge in [0.15, 0.2) is 28.8 Å². The lowest BCUT2D eigenvalue weighted by Crippen LogP contribution is -2.53. The number of nitrogens with one attached hydrogen (secondary N) is 2. The van der Waals surface area contributed by atoms with Crippen molar-refractivity contribution in [1.82, 2.24) is 15.3 Å². The van der Waals surface area contributed by atoms with Crippen molar-refractivity contribution >= 4 is 40.8 Å². The second kappa shape index (κ2) is 13.0. The Morgan fingerprint density at radius 2 is 1.98 bits per heavy atom. The monoisotopic (exact) mass is 683 g/mol. The molecule has 1 amide bonds. The Morgan fingerprint density at radius 1 is 1.21 bits per heavy atom. The van der Waals surface area contributed by atoms with Gasteiger partial charge in [-0.05, 0) is 24.6 Å². The van der Waals surface area contributed by atoms with E-state index in [0.29, 0.717) is 35.1 Å². The van der Waals surface area contributed by atoms with Gasteiger partial charge in [-0.2, -0.15) is 11.8 Å². The van der Waals surface area contributed by atoms with Gasteiger partial charge in [-0.3, -0.25) is 14.4 Å². The van der Waals surface area contributed by atoms with E-state index >= 15 is 0 Å². The number of imidazole rings is 1. The third-order valence-electron chi connectivity index (χ3n) is 8.79. The molecule has 0 radical (unpaired) electrons. The van der Waals surface area contributed by atoms with Crippen LogP contribution in [0.15, 0.2) is 41.9 Å². The molecule has 1 spiro atoms. The molecule has 47 heavy (non-hydrogen) atoms. The maximum atomic E-state index is 14.3. The number of rotatable bonds is 11. The number of carbonyl (C=O) groups excluding carboxylic acids is 3. The molecule has 2 aromatic carbocycles. The summed E-state index contributed by atoms with van der Waals surface area (Å²) in [6.07, 6.45) is 1.31. The maximum Gasteiger partial charge on any atom is 0.231 e. The van der Waals surface area contributed by atoms with E-state index in [4.69, 9.17) is 35.3 Å². The normalized spacial score (nSPS) is 20.3. The molecule has 0 fully saturated rings. The SMILES string of the molecule is COc1cc(OC)c2c(c1Cl)O[C@]1(C2=O)C(O)=C(C(CC(=O)NCCSCc2nc[nH]c2C)c2ccc3c(c2)OCO3)C(=O)C[C@H]1C. The number of benzene rings is 2. The smallest absolute Gasteiger partial charge is 0.231 e. The Hall–Kier alpha value is -4.36. The maximum absolute atomic E-state index is 14.3. The predicted molar refractivity (Wildman–Crippen MR) is 173 cm³/mol. The molecule has 3 atom stereocenters. The van der Waals surface area contributed by atoms with Gasteiger partial charge in [-0.1, -0.05) is 24.6 Å². The first-order valence-corrected chi connectivity index (χ1v) is 16.5. The molecule has 6 rings (SSSR count). The zero-order chi connectivity index (χ0) is 33.5. The molecule has 3 heterocycles. The third-order valence-corrected chi connectivity index (χ3v) is 10.1. The fourth-order valence-electron chi connectivity index (χ4n) is 6.28. The Bertz CT molecular complexity index is 1790.